The maximum absolute atomic E-state index is 6.25. The minimum atomic E-state index is 0.371. The summed E-state index contributed by atoms with van der Waals surface area (Å²) >= 11 is 1.97. The summed E-state index contributed by atoms with van der Waals surface area (Å²) in [5, 5.41) is 0.596. The Morgan fingerprint density at radius 3 is 2.44 bits per heavy atom. The van der Waals surface area contributed by atoms with E-state index < -0.39 is 0 Å². The fourth-order valence-corrected chi connectivity index (χ4v) is 3.97. The number of thioether (sulfide) groups is 1. The molecule has 0 heterocycles. The molecule has 0 bridgehead atoms. The molecule has 2 rings (SSSR count). The molecule has 1 aliphatic carbocycles. The topological polar surface area (TPSA) is 26.0 Å². The molecule has 0 radical (unpaired) electrons. The largest absolute Gasteiger partial charge is 0.327 e. The monoisotopic (exact) mass is 263 g/mol. The van der Waals surface area contributed by atoms with Gasteiger partial charge in [0.05, 0.1) is 0 Å². The van der Waals surface area contributed by atoms with E-state index >= 15 is 0 Å². The minimum absolute atomic E-state index is 0.371. The Morgan fingerprint density at radius 1 is 1.17 bits per heavy atom. The summed E-state index contributed by atoms with van der Waals surface area (Å²) in [6, 6.07) is 9.39. The first-order chi connectivity index (χ1) is 8.56. The lowest BCUT2D eigenvalue weighted by molar-refractivity contribution is 0.357. The van der Waals surface area contributed by atoms with E-state index in [1.807, 2.05) is 11.8 Å². The van der Waals surface area contributed by atoms with Crippen LogP contribution in [-0.2, 0) is 0 Å². The summed E-state index contributed by atoms with van der Waals surface area (Å²) in [4.78, 5) is 1.37. The van der Waals surface area contributed by atoms with E-state index in [9.17, 15) is 0 Å². The normalized spacial score (nSPS) is 28.6. The third-order valence-electron chi connectivity index (χ3n) is 3.94. The number of nitrogens with two attached hydrogens (primary N) is 1. The van der Waals surface area contributed by atoms with Gasteiger partial charge in [-0.3, -0.25) is 0 Å². The van der Waals surface area contributed by atoms with Crippen LogP contribution in [-0.4, -0.2) is 11.3 Å². The van der Waals surface area contributed by atoms with Gasteiger partial charge in [0, 0.05) is 16.2 Å². The van der Waals surface area contributed by atoms with Crippen molar-refractivity contribution in [2.45, 2.75) is 62.1 Å². The molecule has 1 fully saturated rings. The molecular weight excluding hydrogens is 238 g/mol. The Kier molecular flexibility index (Phi) is 4.74. The first-order valence-corrected chi connectivity index (χ1v) is 7.96. The lowest BCUT2D eigenvalue weighted by Crippen LogP contribution is -2.37. The first-order valence-electron chi connectivity index (χ1n) is 7.08. The van der Waals surface area contributed by atoms with Crippen molar-refractivity contribution in [1.29, 1.82) is 0 Å². The van der Waals surface area contributed by atoms with Gasteiger partial charge in [-0.1, -0.05) is 32.9 Å². The molecular formula is C16H25NS. The SMILES string of the molecule is CC1CCC(N)C(Sc2ccc(C(C)C)cc2)C1. The van der Waals surface area contributed by atoms with E-state index in [1.54, 1.807) is 0 Å². The number of benzene rings is 1. The van der Waals surface area contributed by atoms with Crippen molar-refractivity contribution in [1.82, 2.24) is 0 Å². The maximum atomic E-state index is 6.25. The molecule has 0 spiro atoms. The van der Waals surface area contributed by atoms with Crippen LogP contribution in [0.2, 0.25) is 0 Å². The van der Waals surface area contributed by atoms with Gasteiger partial charge in [-0.05, 0) is 48.8 Å². The summed E-state index contributed by atoms with van der Waals surface area (Å²) in [7, 11) is 0. The molecule has 3 unspecified atom stereocenters. The van der Waals surface area contributed by atoms with E-state index in [0.29, 0.717) is 17.2 Å². The van der Waals surface area contributed by atoms with Gasteiger partial charge in [-0.2, -0.15) is 0 Å². The Labute approximate surface area is 116 Å². The van der Waals surface area contributed by atoms with Crippen LogP contribution < -0.4 is 5.73 Å². The zero-order valence-electron chi connectivity index (χ0n) is 11.7. The zero-order chi connectivity index (χ0) is 13.1. The Balaban J connectivity index is 1.99. The van der Waals surface area contributed by atoms with Crippen molar-refractivity contribution in [2.75, 3.05) is 0 Å². The number of hydrogen-bond donors (Lipinski definition) is 1. The van der Waals surface area contributed by atoms with Gasteiger partial charge in [-0.15, -0.1) is 11.8 Å². The van der Waals surface area contributed by atoms with E-state index in [1.165, 1.54) is 29.7 Å². The van der Waals surface area contributed by atoms with Crippen molar-refractivity contribution >= 4 is 11.8 Å². The van der Waals surface area contributed by atoms with Gasteiger partial charge < -0.3 is 5.73 Å². The van der Waals surface area contributed by atoms with Gasteiger partial charge in [0.25, 0.3) is 0 Å². The zero-order valence-corrected chi connectivity index (χ0v) is 12.5. The molecule has 3 atom stereocenters. The Bertz CT molecular complexity index is 371. The minimum Gasteiger partial charge on any atom is -0.327 e. The molecule has 0 amide bonds. The highest BCUT2D eigenvalue weighted by Gasteiger charge is 2.26. The number of hydrogen-bond acceptors (Lipinski definition) is 2. The van der Waals surface area contributed by atoms with Gasteiger partial charge in [0.2, 0.25) is 0 Å². The van der Waals surface area contributed by atoms with Gasteiger partial charge in [-0.25, -0.2) is 0 Å². The third-order valence-corrected chi connectivity index (χ3v) is 5.33. The van der Waals surface area contributed by atoms with Crippen LogP contribution in [0.5, 0.6) is 0 Å². The van der Waals surface area contributed by atoms with E-state index in [0.717, 1.165) is 5.92 Å². The summed E-state index contributed by atoms with van der Waals surface area (Å²) in [5.41, 5.74) is 7.66. The number of rotatable bonds is 3. The molecule has 0 aliphatic heterocycles. The highest BCUT2D eigenvalue weighted by Crippen LogP contribution is 2.35. The fourth-order valence-electron chi connectivity index (χ4n) is 2.59. The average Bonchev–Trinajstić information content (AvgIpc) is 2.34. The van der Waals surface area contributed by atoms with E-state index in [-0.39, 0.29) is 0 Å². The van der Waals surface area contributed by atoms with Gasteiger partial charge >= 0.3 is 0 Å². The summed E-state index contributed by atoms with van der Waals surface area (Å²) < 4.78 is 0. The van der Waals surface area contributed by atoms with Crippen LogP contribution in [0, 0.1) is 5.92 Å². The molecule has 1 aromatic rings. The quantitative estimate of drug-likeness (QED) is 0.873. The Hall–Kier alpha value is -0.470. The van der Waals surface area contributed by atoms with E-state index in [4.69, 9.17) is 5.73 Å². The third kappa shape index (κ3) is 3.52. The first kappa shape index (κ1) is 14.0. The summed E-state index contributed by atoms with van der Waals surface area (Å²) in [6.07, 6.45) is 3.74. The van der Waals surface area contributed by atoms with Crippen molar-refractivity contribution in [3.63, 3.8) is 0 Å². The lowest BCUT2D eigenvalue weighted by atomic mass is 9.87. The average molecular weight is 263 g/mol. The van der Waals surface area contributed by atoms with Crippen molar-refractivity contribution in [3.8, 4) is 0 Å². The lowest BCUT2D eigenvalue weighted by Gasteiger charge is -2.32. The van der Waals surface area contributed by atoms with E-state index in [2.05, 4.69) is 45.0 Å². The molecule has 18 heavy (non-hydrogen) atoms. The van der Waals surface area contributed by atoms with Crippen LogP contribution >= 0.6 is 11.8 Å². The second kappa shape index (κ2) is 6.12. The van der Waals surface area contributed by atoms with Crippen molar-refractivity contribution in [3.05, 3.63) is 29.8 Å². The smallest absolute Gasteiger partial charge is 0.0248 e. The molecule has 1 aromatic carbocycles. The molecule has 0 aromatic heterocycles. The van der Waals surface area contributed by atoms with Crippen LogP contribution in [0.15, 0.2) is 29.2 Å². The molecule has 100 valence electrons. The standard InChI is InChI=1S/C16H25NS/c1-11(2)13-5-7-14(8-6-13)18-16-10-12(3)4-9-15(16)17/h5-8,11-12,15-16H,4,9-10,17H2,1-3H3. The second-order valence-electron chi connectivity index (χ2n) is 5.96. The molecule has 1 nitrogen and oxygen atoms in total. The van der Waals surface area contributed by atoms with Gasteiger partial charge in [0.15, 0.2) is 0 Å². The predicted octanol–water partition coefficient (Wildman–Crippen LogP) is 4.42. The van der Waals surface area contributed by atoms with Crippen molar-refractivity contribution in [2.24, 2.45) is 11.7 Å². The van der Waals surface area contributed by atoms with Crippen LogP contribution in [0.3, 0.4) is 0 Å². The molecule has 2 N–H and O–H groups in total. The fraction of sp³-hybridized carbons (Fsp3) is 0.625. The molecule has 1 aliphatic rings. The molecule has 0 saturated heterocycles. The summed E-state index contributed by atoms with van der Waals surface area (Å²) in [5.74, 6) is 1.44. The maximum Gasteiger partial charge on any atom is 0.0248 e. The predicted molar refractivity (Wildman–Crippen MR) is 81.2 cm³/mol. The van der Waals surface area contributed by atoms with Gasteiger partial charge in [0.1, 0.15) is 0 Å². The van der Waals surface area contributed by atoms with Crippen LogP contribution in [0.1, 0.15) is 51.5 Å². The molecule has 1 saturated carbocycles. The molecule has 2 heteroatoms. The summed E-state index contributed by atoms with van der Waals surface area (Å²) in [6.45, 7) is 6.82. The second-order valence-corrected chi connectivity index (χ2v) is 7.27. The van der Waals surface area contributed by atoms with Crippen LogP contribution in [0.25, 0.3) is 0 Å². The van der Waals surface area contributed by atoms with Crippen molar-refractivity contribution < 1.29 is 0 Å². The Morgan fingerprint density at radius 2 is 1.83 bits per heavy atom. The van der Waals surface area contributed by atoms with Crippen LogP contribution in [0.4, 0.5) is 0 Å². The highest BCUT2D eigenvalue weighted by molar-refractivity contribution is 8.00. The highest BCUT2D eigenvalue weighted by atomic mass is 32.2.